The fourth-order valence-electron chi connectivity index (χ4n) is 8.26. The fraction of sp³-hybridized carbons (Fsp3) is 0.404. The zero-order chi connectivity index (χ0) is 46.0. The Hall–Kier alpha value is -6.37. The quantitative estimate of drug-likeness (QED) is 0.0417. The number of amides is 2. The van der Waals surface area contributed by atoms with Gasteiger partial charge in [0.1, 0.15) is 17.6 Å². The highest BCUT2D eigenvalue weighted by Crippen LogP contribution is 2.41. The van der Waals surface area contributed by atoms with Crippen molar-refractivity contribution in [3.63, 3.8) is 0 Å². The lowest BCUT2D eigenvalue weighted by Crippen LogP contribution is -2.58. The number of piperazine rings is 1. The summed E-state index contributed by atoms with van der Waals surface area (Å²) in [6.07, 6.45) is -0.493. The molecular formula is C47H55FN12O4S. The number of alkyl halides is 1. The number of nitrogens with one attached hydrogen (secondary N) is 3. The van der Waals surface area contributed by atoms with Crippen molar-refractivity contribution in [2.75, 3.05) is 43.4 Å². The molecule has 3 fully saturated rings. The number of aryl methyl sites for hydroxylation is 1. The van der Waals surface area contributed by atoms with Crippen LogP contribution < -0.4 is 21.3 Å². The molecule has 3 aliphatic rings. The smallest absolute Gasteiger partial charge is 0.258 e. The van der Waals surface area contributed by atoms with E-state index in [1.807, 2.05) is 82.3 Å². The van der Waals surface area contributed by atoms with E-state index in [4.69, 9.17) is 11.1 Å². The van der Waals surface area contributed by atoms with E-state index in [2.05, 4.69) is 45.8 Å². The predicted molar refractivity (Wildman–Crippen MR) is 249 cm³/mol. The lowest BCUT2D eigenvalue weighted by molar-refractivity contribution is -0.128. The minimum Gasteiger partial charge on any atom is -0.507 e. The number of aliphatic hydroxyl groups excluding tert-OH is 1. The highest BCUT2D eigenvalue weighted by molar-refractivity contribution is 7.13. The van der Waals surface area contributed by atoms with E-state index in [0.717, 1.165) is 60.1 Å². The molecule has 2 aliphatic heterocycles. The second-order valence-electron chi connectivity index (χ2n) is 18.2. The SMILES string of the molecule is Cc1ncsc1-c1ccc(CNC(=O)[C@H]2C[C@H](O)CN2C(=N)[C@@H](NC(=O)C2(F)CC2)C(C)(C)C)c(N=Nc2ccc(CN3CCN(c4cc(-c5ccccc5O)nnc4N)CC3)cc2)c1. The standard InChI is InChI=1S/C47H55FN12O4S/c1-28-40(65-27-52-28)30-11-12-31(24-51-44(63)38-22-33(61)26-60(38)43(50)41(46(2,3)4)53-45(64)47(48)15-16-47)35(21-30)55-54-32-13-9-29(10-14-32)25-58-17-19-59(20-18-58)37-23-36(56-57-42(37)49)34-7-5-6-8-39(34)62/h5-14,21,23,27,33,38,41,50,61-62H,15-20,22,24-26H2,1-4H3,(H2,49,57)(H,51,63)(H,53,64)/t33-,38+,41+/m0/s1. The van der Waals surface area contributed by atoms with Crippen molar-refractivity contribution < 1.29 is 24.2 Å². The Bertz CT molecular complexity index is 2590. The van der Waals surface area contributed by atoms with Crippen LogP contribution in [0.5, 0.6) is 5.75 Å². The van der Waals surface area contributed by atoms with Gasteiger partial charge in [0.2, 0.25) is 5.91 Å². The van der Waals surface area contributed by atoms with Crippen molar-refractivity contribution in [1.82, 2.24) is 35.6 Å². The maximum absolute atomic E-state index is 14.7. The maximum atomic E-state index is 14.7. The van der Waals surface area contributed by atoms with Gasteiger partial charge in [-0.05, 0) is 78.3 Å². The first-order chi connectivity index (χ1) is 31.1. The summed E-state index contributed by atoms with van der Waals surface area (Å²) in [5.74, 6) is -0.717. The van der Waals surface area contributed by atoms with E-state index < -0.39 is 41.1 Å². The predicted octanol–water partition coefficient (Wildman–Crippen LogP) is 6.66. The number of phenolic OH excluding ortho intramolecular Hbond substituents is 1. The van der Waals surface area contributed by atoms with Crippen molar-refractivity contribution in [2.24, 2.45) is 15.6 Å². The number of carbonyl (C=O) groups excluding carboxylic acids is 2. The normalized spacial score (nSPS) is 19.0. The molecule has 7 N–H and O–H groups in total. The maximum Gasteiger partial charge on any atom is 0.258 e. The lowest BCUT2D eigenvalue weighted by Gasteiger charge is -2.38. The van der Waals surface area contributed by atoms with Gasteiger partial charge in [0.05, 0.1) is 51.0 Å². The number of benzene rings is 3. The number of halogens is 1. The Kier molecular flexibility index (Phi) is 12.9. The van der Waals surface area contributed by atoms with Crippen LogP contribution >= 0.6 is 11.3 Å². The number of aromatic hydroxyl groups is 1. The van der Waals surface area contributed by atoms with E-state index >= 15 is 0 Å². The summed E-state index contributed by atoms with van der Waals surface area (Å²) < 4.78 is 14.7. The van der Waals surface area contributed by atoms with Crippen molar-refractivity contribution in [3.8, 4) is 27.4 Å². The summed E-state index contributed by atoms with van der Waals surface area (Å²) in [5, 5.41) is 53.6. The van der Waals surface area contributed by atoms with Crippen LogP contribution in [0.2, 0.25) is 0 Å². The van der Waals surface area contributed by atoms with Crippen molar-refractivity contribution >= 4 is 51.9 Å². The van der Waals surface area contributed by atoms with Gasteiger partial charge in [-0.2, -0.15) is 10.2 Å². The summed E-state index contributed by atoms with van der Waals surface area (Å²) in [4.78, 5) is 38.1. The number of likely N-dealkylation sites (tertiary alicyclic amines) is 1. The number of hydrogen-bond acceptors (Lipinski definition) is 14. The van der Waals surface area contributed by atoms with Crippen molar-refractivity contribution in [3.05, 3.63) is 95.1 Å². The van der Waals surface area contributed by atoms with Gasteiger partial charge in [-0.3, -0.25) is 19.9 Å². The molecule has 0 radical (unpaired) electrons. The molecule has 340 valence electrons. The third kappa shape index (κ3) is 10.3. The molecular weight excluding hydrogens is 848 g/mol. The average Bonchev–Trinajstić information content (AvgIpc) is 3.70. The van der Waals surface area contributed by atoms with Gasteiger partial charge >= 0.3 is 0 Å². The molecule has 18 heteroatoms. The number of β-amino-alcohol motifs (C(OH)–C–C–N with tert-alkyl or cyclic N) is 1. The number of amidine groups is 1. The second kappa shape index (κ2) is 18.6. The number of nitrogens with zero attached hydrogens (tertiary/aromatic N) is 8. The molecule has 1 aliphatic carbocycles. The number of carbonyl (C=O) groups is 2. The van der Waals surface area contributed by atoms with E-state index in [9.17, 15) is 24.2 Å². The van der Waals surface area contributed by atoms with E-state index in [1.165, 1.54) is 16.2 Å². The van der Waals surface area contributed by atoms with Gasteiger partial charge in [-0.15, -0.1) is 21.5 Å². The molecule has 0 unspecified atom stereocenters. The number of para-hydroxylation sites is 1. The molecule has 0 spiro atoms. The van der Waals surface area contributed by atoms with Crippen LogP contribution in [0.15, 0.2) is 88.5 Å². The number of phenols is 1. The number of aliphatic hydroxyl groups is 1. The summed E-state index contributed by atoms with van der Waals surface area (Å²) in [6, 6.07) is 20.9. The molecule has 2 amide bonds. The molecule has 8 rings (SSSR count). The van der Waals surface area contributed by atoms with Gasteiger partial charge in [0, 0.05) is 57.8 Å². The van der Waals surface area contributed by atoms with Gasteiger partial charge in [0.25, 0.3) is 5.91 Å². The summed E-state index contributed by atoms with van der Waals surface area (Å²) in [5.41, 5.74) is 12.3. The number of hydrogen-bond donors (Lipinski definition) is 6. The Morgan fingerprint density at radius 1 is 1.03 bits per heavy atom. The molecule has 2 saturated heterocycles. The van der Waals surface area contributed by atoms with Gasteiger partial charge in [-0.25, -0.2) is 9.37 Å². The van der Waals surface area contributed by atoms with Gasteiger partial charge in [-0.1, -0.05) is 57.2 Å². The number of thiazole rings is 1. The van der Waals surface area contributed by atoms with Gasteiger partial charge in [0.15, 0.2) is 11.5 Å². The molecule has 1 saturated carbocycles. The van der Waals surface area contributed by atoms with Crippen molar-refractivity contribution in [2.45, 2.75) is 83.9 Å². The lowest BCUT2D eigenvalue weighted by atomic mass is 9.85. The molecule has 16 nitrogen and oxygen atoms in total. The first-order valence-corrected chi connectivity index (χ1v) is 22.7. The summed E-state index contributed by atoms with van der Waals surface area (Å²) >= 11 is 1.52. The Morgan fingerprint density at radius 3 is 2.45 bits per heavy atom. The van der Waals surface area contributed by atoms with Crippen LogP contribution in [-0.4, -0.2) is 109 Å². The average molecular weight is 903 g/mol. The van der Waals surface area contributed by atoms with Crippen LogP contribution in [0.3, 0.4) is 0 Å². The molecule has 3 atom stereocenters. The largest absolute Gasteiger partial charge is 0.507 e. The molecule has 2 aromatic heterocycles. The molecule has 5 aromatic rings. The first kappa shape index (κ1) is 45.2. The zero-order valence-corrected chi connectivity index (χ0v) is 37.8. The third-order valence-electron chi connectivity index (χ3n) is 12.3. The van der Waals surface area contributed by atoms with Crippen molar-refractivity contribution in [1.29, 1.82) is 5.41 Å². The number of anilines is 2. The number of nitrogen functional groups attached to an aromatic ring is 1. The van der Waals surface area contributed by atoms with Crippen LogP contribution in [-0.2, 0) is 22.7 Å². The summed E-state index contributed by atoms with van der Waals surface area (Å²) in [6.45, 7) is 11.5. The van der Waals surface area contributed by atoms with Crippen LogP contribution in [0.1, 0.15) is 56.9 Å². The van der Waals surface area contributed by atoms with Gasteiger partial charge < -0.3 is 36.4 Å². The number of nitrogens with two attached hydrogens (primary N) is 1. The van der Waals surface area contributed by atoms with E-state index in [0.29, 0.717) is 34.0 Å². The van der Waals surface area contributed by atoms with Crippen LogP contribution in [0, 0.1) is 17.7 Å². The first-order valence-electron chi connectivity index (χ1n) is 21.8. The topological polar surface area (TPSA) is 222 Å². The summed E-state index contributed by atoms with van der Waals surface area (Å²) in [7, 11) is 0. The zero-order valence-electron chi connectivity index (χ0n) is 37.0. The fourth-order valence-corrected chi connectivity index (χ4v) is 9.07. The molecule has 3 aromatic carbocycles. The van der Waals surface area contributed by atoms with Crippen LogP contribution in [0.4, 0.5) is 27.3 Å². The van der Waals surface area contributed by atoms with Crippen LogP contribution in [0.25, 0.3) is 21.7 Å². The number of aromatic nitrogens is 3. The number of rotatable bonds is 13. The highest BCUT2D eigenvalue weighted by Gasteiger charge is 2.53. The molecule has 0 bridgehead atoms. The van der Waals surface area contributed by atoms with E-state index in [1.54, 1.807) is 23.7 Å². The minimum absolute atomic E-state index is 0.0291. The number of azo groups is 1. The molecule has 4 heterocycles. The second-order valence-corrected chi connectivity index (χ2v) is 19.0. The molecule has 65 heavy (non-hydrogen) atoms. The van der Waals surface area contributed by atoms with E-state index in [-0.39, 0.29) is 43.9 Å². The Balaban J connectivity index is 0.919. The highest BCUT2D eigenvalue weighted by atomic mass is 32.1. The monoisotopic (exact) mass is 902 g/mol. The third-order valence-corrected chi connectivity index (χ3v) is 13.2. The Morgan fingerprint density at radius 2 is 1.77 bits per heavy atom. The Labute approximate surface area is 381 Å². The minimum atomic E-state index is -1.92.